The van der Waals surface area contributed by atoms with Gasteiger partial charge in [0.05, 0.1) is 29.2 Å². The molecular weight excluding hydrogens is 615 g/mol. The van der Waals surface area contributed by atoms with Gasteiger partial charge in [0.2, 0.25) is 5.95 Å². The molecule has 1 N–H and O–H groups in total. The first-order valence-electron chi connectivity index (χ1n) is 15.4. The lowest BCUT2D eigenvalue weighted by molar-refractivity contribution is -0.104. The van der Waals surface area contributed by atoms with Crippen LogP contribution in [0, 0.1) is 0 Å². The van der Waals surface area contributed by atoms with E-state index in [2.05, 4.69) is 10.4 Å². The number of fused-ring (bicyclic) bond motifs is 4. The summed E-state index contributed by atoms with van der Waals surface area (Å²) >= 11 is 6.88. The number of nitrogens with one attached hydrogen (secondary N) is 1. The molecule has 3 saturated heterocycles. The van der Waals surface area contributed by atoms with Crippen molar-refractivity contribution in [2.24, 2.45) is 14.1 Å². The molecule has 3 fully saturated rings. The molecule has 5 aromatic rings. The molecule has 3 aliphatic heterocycles. The standard InChI is InChI=1S/C32H32ClFN8O4/c1-39-15-20-21(37-39)10-9-19(26(20)33)28-25-29(42(38-28)24-12-13-45-24)36-31(40(2)30(25)43)41-18-8-11-23(41)27(34)22(14-18)35-32(44)46-16-17-6-4-3-5-7-17/h3-7,9-10,15,18,22-24,27H,8,11-14,16H2,1-2H3,(H,35,44)/t18-,22+,23+,24?,27-/m1/s1. The van der Waals surface area contributed by atoms with Gasteiger partial charge in [-0.1, -0.05) is 41.9 Å². The SMILES string of the molecule is Cn1cc2c(Cl)c(-c3nn(C4CCO4)c4nc(N5[C@@H]6CC[C@H]5[C@H](F)[C@@H](NC(=O)OCc5ccccc5)C6)n(C)c(=O)c34)ccc2n1. The fraction of sp³-hybridized carbons (Fsp3) is 0.406. The number of carbonyl (C=O) groups is 1. The maximum absolute atomic E-state index is 16.1. The number of hydrogen-bond donors (Lipinski definition) is 1. The largest absolute Gasteiger partial charge is 0.445 e. The van der Waals surface area contributed by atoms with E-state index in [1.165, 1.54) is 4.57 Å². The van der Waals surface area contributed by atoms with Crippen LogP contribution in [0.3, 0.4) is 0 Å². The number of amides is 1. The van der Waals surface area contributed by atoms with Crippen molar-refractivity contribution in [1.82, 2.24) is 34.4 Å². The van der Waals surface area contributed by atoms with Gasteiger partial charge in [0.25, 0.3) is 5.56 Å². The van der Waals surface area contributed by atoms with Gasteiger partial charge < -0.3 is 19.7 Å². The third kappa shape index (κ3) is 4.63. The zero-order chi connectivity index (χ0) is 31.7. The number of rotatable bonds is 6. The minimum atomic E-state index is -1.39. The first-order chi connectivity index (χ1) is 22.3. The van der Waals surface area contributed by atoms with Crippen molar-refractivity contribution in [2.75, 3.05) is 11.5 Å². The molecule has 0 saturated carbocycles. The molecule has 5 atom stereocenters. The van der Waals surface area contributed by atoms with Gasteiger partial charge in [0, 0.05) is 43.7 Å². The molecule has 238 valence electrons. The molecule has 2 aromatic carbocycles. The van der Waals surface area contributed by atoms with Crippen LogP contribution in [0.2, 0.25) is 5.02 Å². The van der Waals surface area contributed by atoms with Crippen molar-refractivity contribution < 1.29 is 18.7 Å². The molecule has 8 rings (SSSR count). The summed E-state index contributed by atoms with van der Waals surface area (Å²) in [5.41, 5.74) is 2.62. The van der Waals surface area contributed by atoms with Gasteiger partial charge in [-0.2, -0.15) is 15.2 Å². The molecule has 3 aliphatic rings. The van der Waals surface area contributed by atoms with E-state index in [-0.39, 0.29) is 24.4 Å². The van der Waals surface area contributed by atoms with Crippen LogP contribution in [0.1, 0.15) is 37.5 Å². The second-order valence-electron chi connectivity index (χ2n) is 12.2. The summed E-state index contributed by atoms with van der Waals surface area (Å²) in [5, 5.41) is 13.5. The molecule has 0 radical (unpaired) electrons. The molecule has 46 heavy (non-hydrogen) atoms. The van der Waals surface area contributed by atoms with Crippen molar-refractivity contribution in [3.8, 4) is 11.3 Å². The number of aromatic nitrogens is 6. The number of piperidine rings is 1. The van der Waals surface area contributed by atoms with Crippen molar-refractivity contribution in [3.63, 3.8) is 0 Å². The van der Waals surface area contributed by atoms with Crippen LogP contribution in [0.4, 0.5) is 15.1 Å². The molecule has 2 bridgehead atoms. The van der Waals surface area contributed by atoms with E-state index in [1.807, 2.05) is 60.6 Å². The van der Waals surface area contributed by atoms with Gasteiger partial charge in [0.15, 0.2) is 11.9 Å². The fourth-order valence-corrected chi connectivity index (χ4v) is 7.37. The van der Waals surface area contributed by atoms with E-state index in [0.29, 0.717) is 65.6 Å². The van der Waals surface area contributed by atoms with Crippen molar-refractivity contribution in [3.05, 3.63) is 69.6 Å². The van der Waals surface area contributed by atoms with Crippen LogP contribution in [0.25, 0.3) is 33.2 Å². The first-order valence-corrected chi connectivity index (χ1v) is 15.8. The number of alkyl carbamates (subject to hydrolysis) is 1. The predicted molar refractivity (Wildman–Crippen MR) is 169 cm³/mol. The quantitative estimate of drug-likeness (QED) is 0.284. The van der Waals surface area contributed by atoms with E-state index < -0.39 is 24.3 Å². The molecule has 1 unspecified atom stereocenters. The van der Waals surface area contributed by atoms with Crippen LogP contribution < -0.4 is 15.8 Å². The molecule has 1 amide bonds. The highest BCUT2D eigenvalue weighted by molar-refractivity contribution is 6.38. The minimum absolute atomic E-state index is 0.100. The maximum Gasteiger partial charge on any atom is 0.407 e. The van der Waals surface area contributed by atoms with Gasteiger partial charge in [-0.05, 0) is 37.0 Å². The Labute approximate surface area is 267 Å². The third-order valence-corrected chi connectivity index (χ3v) is 9.83. The van der Waals surface area contributed by atoms with E-state index in [1.54, 1.807) is 16.4 Å². The van der Waals surface area contributed by atoms with Crippen molar-refractivity contribution >= 4 is 45.6 Å². The highest BCUT2D eigenvalue weighted by Gasteiger charge is 2.50. The molecule has 6 heterocycles. The first kappa shape index (κ1) is 28.9. The number of ether oxygens (including phenoxy) is 2. The lowest BCUT2D eigenvalue weighted by Crippen LogP contribution is -2.59. The average Bonchev–Trinajstić information content (AvgIpc) is 3.69. The van der Waals surface area contributed by atoms with Crippen molar-refractivity contribution in [2.45, 2.75) is 62.8 Å². The van der Waals surface area contributed by atoms with Gasteiger partial charge in [-0.3, -0.25) is 14.0 Å². The Morgan fingerprint density at radius 1 is 1.13 bits per heavy atom. The zero-order valence-corrected chi connectivity index (χ0v) is 26.0. The second kappa shape index (κ2) is 11.1. The Hall–Kier alpha value is -4.49. The number of hydrogen-bond acceptors (Lipinski definition) is 8. The van der Waals surface area contributed by atoms with E-state index >= 15 is 4.39 Å². The summed E-state index contributed by atoms with van der Waals surface area (Å²) < 4.78 is 32.1. The lowest BCUT2D eigenvalue weighted by Gasteiger charge is -2.42. The van der Waals surface area contributed by atoms with E-state index in [9.17, 15) is 9.59 Å². The summed E-state index contributed by atoms with van der Waals surface area (Å²) in [5.74, 6) is 0.360. The van der Waals surface area contributed by atoms with Crippen molar-refractivity contribution in [1.29, 1.82) is 0 Å². The predicted octanol–water partition coefficient (Wildman–Crippen LogP) is 4.63. The molecule has 14 heteroatoms. The zero-order valence-electron chi connectivity index (χ0n) is 25.3. The summed E-state index contributed by atoms with van der Waals surface area (Å²) in [4.78, 5) is 33.7. The second-order valence-corrected chi connectivity index (χ2v) is 12.6. The number of aryl methyl sites for hydroxylation is 1. The topological polar surface area (TPSA) is 121 Å². The third-order valence-electron chi connectivity index (χ3n) is 9.42. The smallest absolute Gasteiger partial charge is 0.407 e. The lowest BCUT2D eigenvalue weighted by atomic mass is 9.95. The Bertz CT molecular complexity index is 2040. The number of carbonyl (C=O) groups excluding carboxylic acids is 1. The summed E-state index contributed by atoms with van der Waals surface area (Å²) in [7, 11) is 3.47. The summed E-state index contributed by atoms with van der Waals surface area (Å²) in [6.07, 6.45) is 1.73. The maximum atomic E-state index is 16.1. The molecule has 12 nitrogen and oxygen atoms in total. The van der Waals surface area contributed by atoms with Gasteiger partial charge >= 0.3 is 6.09 Å². The molecule has 3 aromatic heterocycles. The Balaban J connectivity index is 1.13. The van der Waals surface area contributed by atoms with Gasteiger partial charge in [-0.15, -0.1) is 0 Å². The number of halogens is 2. The Morgan fingerprint density at radius 3 is 2.70 bits per heavy atom. The summed E-state index contributed by atoms with van der Waals surface area (Å²) in [6.45, 7) is 0.673. The van der Waals surface area contributed by atoms with Crippen LogP contribution >= 0.6 is 11.6 Å². The van der Waals surface area contributed by atoms with Gasteiger partial charge in [0.1, 0.15) is 23.9 Å². The number of nitrogens with zero attached hydrogens (tertiary/aromatic N) is 7. The van der Waals surface area contributed by atoms with E-state index in [4.69, 9.17) is 31.2 Å². The number of anilines is 1. The van der Waals surface area contributed by atoms with Gasteiger partial charge in [-0.25, -0.2) is 13.9 Å². The molecule has 0 spiro atoms. The Kier molecular flexibility index (Phi) is 6.98. The summed E-state index contributed by atoms with van der Waals surface area (Å²) in [6, 6.07) is 11.6. The molecule has 0 aliphatic carbocycles. The van der Waals surface area contributed by atoms with Crippen LogP contribution in [0.15, 0.2) is 53.5 Å². The monoisotopic (exact) mass is 646 g/mol. The fourth-order valence-electron chi connectivity index (χ4n) is 7.07. The highest BCUT2D eigenvalue weighted by atomic mass is 35.5. The number of alkyl halides is 1. The normalized spacial score (nSPS) is 24.0. The number of benzene rings is 2. The Morgan fingerprint density at radius 2 is 1.93 bits per heavy atom. The highest BCUT2D eigenvalue weighted by Crippen LogP contribution is 2.42. The van der Waals surface area contributed by atoms with Crippen LogP contribution in [-0.4, -0.2) is 66.1 Å². The molecular formula is C32H32ClFN8O4. The average molecular weight is 647 g/mol. The minimum Gasteiger partial charge on any atom is -0.445 e. The van der Waals surface area contributed by atoms with Crippen LogP contribution in [0.5, 0.6) is 0 Å². The van der Waals surface area contributed by atoms with Crippen LogP contribution in [-0.2, 0) is 30.2 Å². The van der Waals surface area contributed by atoms with E-state index in [0.717, 1.165) is 16.5 Å².